The zero-order valence-corrected chi connectivity index (χ0v) is 16.0. The van der Waals surface area contributed by atoms with Crippen molar-refractivity contribution in [2.75, 3.05) is 25.1 Å². The van der Waals surface area contributed by atoms with E-state index >= 15 is 0 Å². The molecule has 0 saturated carbocycles. The normalized spacial score (nSPS) is 15.9. The predicted molar refractivity (Wildman–Crippen MR) is 101 cm³/mol. The molecule has 4 nitrogen and oxygen atoms in total. The fraction of sp³-hybridized carbons (Fsp3) is 0.529. The van der Waals surface area contributed by atoms with Gasteiger partial charge in [0.25, 0.3) is 5.91 Å². The number of amides is 2. The van der Waals surface area contributed by atoms with Crippen molar-refractivity contribution in [2.45, 2.75) is 31.7 Å². The van der Waals surface area contributed by atoms with Gasteiger partial charge in [-0.25, -0.2) is 0 Å². The molecular weight excluding hydrogens is 367 g/mol. The van der Waals surface area contributed by atoms with E-state index < -0.39 is 6.04 Å². The maximum Gasteiger partial charge on any atom is 0.253 e. The molecule has 2 rings (SSSR count). The summed E-state index contributed by atoms with van der Waals surface area (Å²) in [5.74, 6) is 0.467. The van der Waals surface area contributed by atoms with Crippen LogP contribution in [0, 0.1) is 0 Å². The third kappa shape index (κ3) is 5.30. The van der Waals surface area contributed by atoms with Gasteiger partial charge in [0, 0.05) is 18.1 Å². The first-order valence-electron chi connectivity index (χ1n) is 8.06. The Hall–Kier alpha value is -0.910. The maximum absolute atomic E-state index is 12.8. The van der Waals surface area contributed by atoms with Crippen molar-refractivity contribution in [2.24, 2.45) is 0 Å². The van der Waals surface area contributed by atoms with Crippen molar-refractivity contribution in [1.29, 1.82) is 0 Å². The van der Waals surface area contributed by atoms with Crippen molar-refractivity contribution >= 4 is 46.8 Å². The number of benzene rings is 1. The second-order valence-corrected chi connectivity index (χ2v) is 7.65. The fourth-order valence-corrected chi connectivity index (χ4v) is 3.70. The molecule has 7 heteroatoms. The molecule has 1 aliphatic rings. The highest BCUT2D eigenvalue weighted by molar-refractivity contribution is 7.98. The number of nitrogens with zero attached hydrogens (tertiary/aromatic N) is 1. The topological polar surface area (TPSA) is 49.4 Å². The molecule has 0 aliphatic carbocycles. The highest BCUT2D eigenvalue weighted by Crippen LogP contribution is 2.21. The number of halogens is 2. The maximum atomic E-state index is 12.8. The van der Waals surface area contributed by atoms with E-state index in [2.05, 4.69) is 5.32 Å². The van der Waals surface area contributed by atoms with E-state index in [4.69, 9.17) is 23.2 Å². The largest absolute Gasteiger partial charge is 0.341 e. The minimum atomic E-state index is -0.519. The Balaban J connectivity index is 2.09. The van der Waals surface area contributed by atoms with Gasteiger partial charge in [-0.3, -0.25) is 9.59 Å². The molecular formula is C17H22Cl2N2O2S. The molecule has 1 saturated heterocycles. The lowest BCUT2D eigenvalue weighted by atomic mass is 10.1. The summed E-state index contributed by atoms with van der Waals surface area (Å²) in [6.45, 7) is 1.54. The minimum Gasteiger partial charge on any atom is -0.341 e. The Morgan fingerprint density at radius 1 is 1.25 bits per heavy atom. The summed E-state index contributed by atoms with van der Waals surface area (Å²) in [5.41, 5.74) is 0.335. The molecule has 1 aromatic carbocycles. The number of piperidine rings is 1. The number of nitrogens with one attached hydrogen (secondary N) is 1. The zero-order valence-electron chi connectivity index (χ0n) is 13.7. The molecule has 0 radical (unpaired) electrons. The van der Waals surface area contributed by atoms with Gasteiger partial charge in [-0.15, -0.1) is 0 Å². The van der Waals surface area contributed by atoms with Gasteiger partial charge in [0.15, 0.2) is 0 Å². The third-order valence-electron chi connectivity index (χ3n) is 4.06. The Kier molecular flexibility index (Phi) is 7.72. The number of thioether (sulfide) groups is 1. The third-order valence-corrected chi connectivity index (χ3v) is 5.25. The highest BCUT2D eigenvalue weighted by Gasteiger charge is 2.27. The predicted octanol–water partition coefficient (Wildman–Crippen LogP) is 3.86. The molecule has 1 atom stereocenters. The van der Waals surface area contributed by atoms with Crippen LogP contribution < -0.4 is 5.32 Å². The van der Waals surface area contributed by atoms with Gasteiger partial charge in [0.1, 0.15) is 6.04 Å². The Morgan fingerprint density at radius 2 is 1.96 bits per heavy atom. The van der Waals surface area contributed by atoms with Gasteiger partial charge >= 0.3 is 0 Å². The van der Waals surface area contributed by atoms with Gasteiger partial charge in [-0.05, 0) is 55.9 Å². The van der Waals surface area contributed by atoms with Crippen molar-refractivity contribution in [3.8, 4) is 0 Å². The molecule has 132 valence electrons. The van der Waals surface area contributed by atoms with Crippen molar-refractivity contribution in [1.82, 2.24) is 10.2 Å². The van der Waals surface area contributed by atoms with Gasteiger partial charge < -0.3 is 10.2 Å². The Morgan fingerprint density at radius 3 is 2.58 bits per heavy atom. The highest BCUT2D eigenvalue weighted by atomic mass is 35.5. The lowest BCUT2D eigenvalue weighted by Crippen LogP contribution is -2.50. The van der Waals surface area contributed by atoms with Gasteiger partial charge in [0.2, 0.25) is 5.91 Å². The van der Waals surface area contributed by atoms with Crippen LogP contribution in [-0.2, 0) is 4.79 Å². The van der Waals surface area contributed by atoms with Crippen LogP contribution in [0.4, 0.5) is 0 Å². The van der Waals surface area contributed by atoms with Crippen LogP contribution in [0.1, 0.15) is 36.0 Å². The van der Waals surface area contributed by atoms with Crippen molar-refractivity contribution in [3.05, 3.63) is 33.8 Å². The molecule has 1 unspecified atom stereocenters. The van der Waals surface area contributed by atoms with Gasteiger partial charge in [-0.2, -0.15) is 11.8 Å². The number of carbonyl (C=O) groups excluding carboxylic acids is 2. The summed E-state index contributed by atoms with van der Waals surface area (Å²) < 4.78 is 0. The molecule has 1 aromatic rings. The molecule has 0 aromatic heterocycles. The second-order valence-electron chi connectivity index (χ2n) is 5.82. The molecule has 0 spiro atoms. The quantitative estimate of drug-likeness (QED) is 0.804. The molecule has 1 aliphatic heterocycles. The Bertz CT molecular complexity index is 592. The molecule has 24 heavy (non-hydrogen) atoms. The van der Waals surface area contributed by atoms with E-state index in [-0.39, 0.29) is 16.8 Å². The average Bonchev–Trinajstić information content (AvgIpc) is 2.58. The monoisotopic (exact) mass is 388 g/mol. The zero-order chi connectivity index (χ0) is 17.5. The van der Waals surface area contributed by atoms with Crippen LogP contribution in [0.25, 0.3) is 0 Å². The SMILES string of the molecule is CSCCC(NC(=O)c1ccc(Cl)cc1Cl)C(=O)N1CCCCC1. The lowest BCUT2D eigenvalue weighted by molar-refractivity contribution is -0.134. The molecule has 1 fully saturated rings. The fourth-order valence-electron chi connectivity index (χ4n) is 2.74. The van der Waals surface area contributed by atoms with Crippen LogP contribution in [0.5, 0.6) is 0 Å². The first-order valence-corrected chi connectivity index (χ1v) is 10.2. The smallest absolute Gasteiger partial charge is 0.253 e. The summed E-state index contributed by atoms with van der Waals surface area (Å²) in [7, 11) is 0. The molecule has 1 heterocycles. The number of likely N-dealkylation sites (tertiary alicyclic amines) is 1. The number of hydrogen-bond acceptors (Lipinski definition) is 3. The lowest BCUT2D eigenvalue weighted by Gasteiger charge is -2.30. The van der Waals surface area contributed by atoms with Crippen LogP contribution in [0.15, 0.2) is 18.2 Å². The summed E-state index contributed by atoms with van der Waals surface area (Å²) in [5, 5.41) is 3.61. The Labute approximate surface area is 157 Å². The van der Waals surface area contributed by atoms with E-state index in [0.29, 0.717) is 17.0 Å². The molecule has 0 bridgehead atoms. The van der Waals surface area contributed by atoms with Crippen LogP contribution in [-0.4, -0.2) is 47.9 Å². The first kappa shape index (κ1) is 19.4. The van der Waals surface area contributed by atoms with E-state index in [1.807, 2.05) is 11.2 Å². The summed E-state index contributed by atoms with van der Waals surface area (Å²) in [4.78, 5) is 27.1. The average molecular weight is 389 g/mol. The van der Waals surface area contributed by atoms with Crippen LogP contribution in [0.3, 0.4) is 0 Å². The number of carbonyl (C=O) groups is 2. The van der Waals surface area contributed by atoms with E-state index in [0.717, 1.165) is 38.1 Å². The first-order chi connectivity index (χ1) is 11.5. The van der Waals surface area contributed by atoms with E-state index in [1.165, 1.54) is 6.07 Å². The van der Waals surface area contributed by atoms with Crippen molar-refractivity contribution < 1.29 is 9.59 Å². The van der Waals surface area contributed by atoms with Gasteiger partial charge in [-0.1, -0.05) is 23.2 Å². The second kappa shape index (κ2) is 9.54. The molecule has 1 N–H and O–H groups in total. The standard InChI is InChI=1S/C17H22Cl2N2O2S/c1-24-10-7-15(17(23)21-8-3-2-4-9-21)20-16(22)13-6-5-12(18)11-14(13)19/h5-6,11,15H,2-4,7-10H2,1H3,(H,20,22). The summed E-state index contributed by atoms with van der Waals surface area (Å²) in [6, 6.07) is 4.21. The van der Waals surface area contributed by atoms with Gasteiger partial charge in [0.05, 0.1) is 10.6 Å². The van der Waals surface area contributed by atoms with Crippen molar-refractivity contribution in [3.63, 3.8) is 0 Å². The summed E-state index contributed by atoms with van der Waals surface area (Å²) in [6.07, 6.45) is 5.80. The van der Waals surface area contributed by atoms with Crippen LogP contribution in [0.2, 0.25) is 10.0 Å². The summed E-state index contributed by atoms with van der Waals surface area (Å²) >= 11 is 13.6. The number of rotatable bonds is 6. The van der Waals surface area contributed by atoms with E-state index in [1.54, 1.807) is 23.9 Å². The van der Waals surface area contributed by atoms with Crippen LogP contribution >= 0.6 is 35.0 Å². The van der Waals surface area contributed by atoms with E-state index in [9.17, 15) is 9.59 Å². The molecule has 2 amide bonds. The minimum absolute atomic E-state index is 0.00202. The number of hydrogen-bond donors (Lipinski definition) is 1.